The second kappa shape index (κ2) is 9.74. The van der Waals surface area contributed by atoms with E-state index in [0.29, 0.717) is 24.5 Å². The lowest BCUT2D eigenvalue weighted by Gasteiger charge is -2.31. The van der Waals surface area contributed by atoms with Crippen LogP contribution in [0.2, 0.25) is 0 Å². The number of anilines is 2. The summed E-state index contributed by atoms with van der Waals surface area (Å²) in [4.78, 5) is 8.43. The van der Waals surface area contributed by atoms with Gasteiger partial charge in [0.15, 0.2) is 0 Å². The lowest BCUT2D eigenvalue weighted by atomic mass is 9.82. The molecule has 0 amide bonds. The van der Waals surface area contributed by atoms with Crippen molar-refractivity contribution in [1.82, 2.24) is 9.97 Å². The van der Waals surface area contributed by atoms with E-state index in [1.165, 1.54) is 53.6 Å². The Morgan fingerprint density at radius 1 is 1.09 bits per heavy atom. The van der Waals surface area contributed by atoms with Crippen LogP contribution in [-0.4, -0.2) is 33.9 Å². The Balaban J connectivity index is 1.49. The molecule has 0 saturated carbocycles. The summed E-state index contributed by atoms with van der Waals surface area (Å²) in [5, 5.41) is 19.5. The highest BCUT2D eigenvalue weighted by Crippen LogP contribution is 2.40. The van der Waals surface area contributed by atoms with Gasteiger partial charge in [0, 0.05) is 11.6 Å². The molecule has 2 heterocycles. The molecular formula is C27H29FN5O2+. The predicted octanol–water partition coefficient (Wildman–Crippen LogP) is 3.34. The first-order valence-electron chi connectivity index (χ1n) is 11.9. The Labute approximate surface area is 203 Å². The van der Waals surface area contributed by atoms with Crippen molar-refractivity contribution in [3.63, 3.8) is 0 Å². The molecule has 0 saturated heterocycles. The lowest BCUT2D eigenvalue weighted by molar-refractivity contribution is -0.111. The molecule has 1 aromatic carbocycles. The third kappa shape index (κ3) is 4.69. The number of nitrogens with two attached hydrogens (primary N) is 2. The number of nitrogens with zero attached hydrogens (tertiary/aromatic N) is 2. The van der Waals surface area contributed by atoms with E-state index in [1.54, 1.807) is 0 Å². The maximum atomic E-state index is 13.9. The molecule has 3 aliphatic rings. The molecule has 0 bridgehead atoms. The Bertz CT molecular complexity index is 1290. The molecule has 5 rings (SSSR count). The first kappa shape index (κ1) is 22.8. The van der Waals surface area contributed by atoms with Gasteiger partial charge >= 0.3 is 0 Å². The Morgan fingerprint density at radius 3 is 2.71 bits per heavy atom. The third-order valence-electron chi connectivity index (χ3n) is 6.57. The van der Waals surface area contributed by atoms with Crippen LogP contribution in [0.15, 0.2) is 70.8 Å². The molecule has 0 atom stereocenters. The number of phenolic OH excluding ortho intramolecular Hbond substituents is 1. The van der Waals surface area contributed by atoms with Crippen LogP contribution in [0.4, 0.5) is 16.0 Å². The predicted molar refractivity (Wildman–Crippen MR) is 133 cm³/mol. The number of ether oxygens (including phenoxy) is 1. The molecule has 0 unspecified atom stereocenters. The zero-order valence-electron chi connectivity index (χ0n) is 19.5. The van der Waals surface area contributed by atoms with Crippen molar-refractivity contribution in [1.29, 1.82) is 0 Å². The molecule has 1 aliphatic heterocycles. The van der Waals surface area contributed by atoms with E-state index in [4.69, 9.17) is 15.9 Å². The molecule has 6 N–H and O–H groups in total. The SMILES string of the molecule is Nc1ncnc(NCC2=C(C3=CCCCC3)C3=CCCC=C3CO2)c1C(=[NH2+])c1cc(O)cc(F)c1. The minimum Gasteiger partial charge on any atom is -0.508 e. The average Bonchev–Trinajstić information content (AvgIpc) is 2.86. The molecule has 0 radical (unpaired) electrons. The first-order chi connectivity index (χ1) is 17.0. The number of rotatable bonds is 6. The number of benzene rings is 1. The molecule has 2 aromatic rings. The van der Waals surface area contributed by atoms with Gasteiger partial charge in [-0.1, -0.05) is 18.2 Å². The van der Waals surface area contributed by atoms with Crippen LogP contribution < -0.4 is 16.5 Å². The maximum absolute atomic E-state index is 13.9. The fourth-order valence-electron chi connectivity index (χ4n) is 4.91. The minimum absolute atomic E-state index is 0.151. The first-order valence-corrected chi connectivity index (χ1v) is 11.9. The highest BCUT2D eigenvalue weighted by atomic mass is 19.1. The van der Waals surface area contributed by atoms with Gasteiger partial charge in [-0.15, -0.1) is 0 Å². The van der Waals surface area contributed by atoms with E-state index in [2.05, 4.69) is 33.5 Å². The van der Waals surface area contributed by atoms with E-state index < -0.39 is 5.82 Å². The quantitative estimate of drug-likeness (QED) is 0.477. The number of aromatic nitrogens is 2. The summed E-state index contributed by atoms with van der Waals surface area (Å²) in [6.07, 6.45) is 14.8. The second-order valence-electron chi connectivity index (χ2n) is 8.93. The molecule has 7 nitrogen and oxygen atoms in total. The number of phenols is 1. The van der Waals surface area contributed by atoms with Gasteiger partial charge in [0.2, 0.25) is 5.71 Å². The summed E-state index contributed by atoms with van der Waals surface area (Å²) in [7, 11) is 0. The van der Waals surface area contributed by atoms with Crippen molar-refractivity contribution in [3.8, 4) is 5.75 Å². The summed E-state index contributed by atoms with van der Waals surface area (Å²) in [6, 6.07) is 3.62. The second-order valence-corrected chi connectivity index (χ2v) is 8.93. The lowest BCUT2D eigenvalue weighted by Crippen LogP contribution is -2.42. The average molecular weight is 475 g/mol. The van der Waals surface area contributed by atoms with Crippen molar-refractivity contribution in [2.24, 2.45) is 0 Å². The van der Waals surface area contributed by atoms with Crippen molar-refractivity contribution in [3.05, 3.63) is 87.8 Å². The number of aromatic hydroxyl groups is 1. The normalized spacial score (nSPS) is 17.6. The molecule has 1 aromatic heterocycles. The monoisotopic (exact) mass is 474 g/mol. The van der Waals surface area contributed by atoms with Crippen LogP contribution >= 0.6 is 0 Å². The molecule has 0 spiro atoms. The third-order valence-corrected chi connectivity index (χ3v) is 6.57. The van der Waals surface area contributed by atoms with Gasteiger partial charge in [-0.05, 0) is 67.4 Å². The molecular weight excluding hydrogens is 445 g/mol. The molecule has 8 heteroatoms. The maximum Gasteiger partial charge on any atom is 0.219 e. The molecule has 2 aliphatic carbocycles. The number of halogens is 1. The van der Waals surface area contributed by atoms with Gasteiger partial charge in [0.1, 0.15) is 47.5 Å². The van der Waals surface area contributed by atoms with Gasteiger partial charge in [-0.25, -0.2) is 14.4 Å². The summed E-state index contributed by atoms with van der Waals surface area (Å²) in [5.41, 5.74) is 12.0. The molecule has 35 heavy (non-hydrogen) atoms. The molecule has 180 valence electrons. The van der Waals surface area contributed by atoms with Gasteiger partial charge in [-0.3, -0.25) is 5.41 Å². The van der Waals surface area contributed by atoms with Crippen LogP contribution in [0.5, 0.6) is 5.75 Å². The van der Waals surface area contributed by atoms with Gasteiger partial charge in [0.05, 0.1) is 12.1 Å². The summed E-state index contributed by atoms with van der Waals surface area (Å²) in [5.74, 6) is 0.573. The van der Waals surface area contributed by atoms with Crippen LogP contribution in [0.1, 0.15) is 49.7 Å². The van der Waals surface area contributed by atoms with Crippen molar-refractivity contribution < 1.29 is 19.6 Å². The van der Waals surface area contributed by atoms with E-state index in [-0.39, 0.29) is 22.8 Å². The standard InChI is InChI=1S/C27H28FN5O2/c28-19-10-18(11-20(34)12-19)25(29)24-26(30)32-15-33-27(24)31-13-22-23(16-6-2-1-3-7-16)21-9-5-4-8-17(21)14-35-22/h6,8-12,15,29,34H,1-5,7,13-14H2,(H3,30,31,32,33)/p+1. The van der Waals surface area contributed by atoms with Crippen molar-refractivity contribution in [2.75, 3.05) is 24.2 Å². The van der Waals surface area contributed by atoms with Crippen LogP contribution in [0.3, 0.4) is 0 Å². The van der Waals surface area contributed by atoms with Gasteiger partial charge in [-0.2, -0.15) is 0 Å². The Kier molecular flexibility index (Phi) is 6.35. The van der Waals surface area contributed by atoms with Crippen molar-refractivity contribution >= 4 is 17.3 Å². The summed E-state index contributed by atoms with van der Waals surface area (Å²) >= 11 is 0. The number of nitrogens with one attached hydrogen (secondary N) is 1. The van der Waals surface area contributed by atoms with E-state index >= 15 is 0 Å². The van der Waals surface area contributed by atoms with Crippen LogP contribution in [-0.2, 0) is 4.74 Å². The number of fused-ring (bicyclic) bond motifs is 1. The zero-order valence-corrected chi connectivity index (χ0v) is 19.5. The highest BCUT2D eigenvalue weighted by molar-refractivity contribution is 6.14. The van der Waals surface area contributed by atoms with E-state index in [0.717, 1.165) is 37.5 Å². The number of allylic oxidation sites excluding steroid dienone is 5. The van der Waals surface area contributed by atoms with Crippen LogP contribution in [0.25, 0.3) is 0 Å². The summed E-state index contributed by atoms with van der Waals surface area (Å²) < 4.78 is 20.2. The number of hydrogen-bond donors (Lipinski definition) is 4. The topological polar surface area (TPSA) is 119 Å². The zero-order chi connectivity index (χ0) is 24.4. The fraction of sp³-hybridized carbons (Fsp3) is 0.296. The van der Waals surface area contributed by atoms with Crippen molar-refractivity contribution in [2.45, 2.75) is 38.5 Å². The highest BCUT2D eigenvalue weighted by Gasteiger charge is 2.28. The summed E-state index contributed by atoms with van der Waals surface area (Å²) in [6.45, 7) is 0.914. The van der Waals surface area contributed by atoms with E-state index in [1.807, 2.05) is 0 Å². The minimum atomic E-state index is -0.608. The van der Waals surface area contributed by atoms with Gasteiger partial charge in [0.25, 0.3) is 0 Å². The number of hydrogen-bond acceptors (Lipinski definition) is 6. The van der Waals surface area contributed by atoms with Crippen LogP contribution in [0, 0.1) is 5.82 Å². The smallest absolute Gasteiger partial charge is 0.219 e. The largest absolute Gasteiger partial charge is 0.508 e. The molecule has 0 fully saturated rings. The van der Waals surface area contributed by atoms with Gasteiger partial charge < -0.3 is 20.9 Å². The number of nitrogen functional groups attached to an aromatic ring is 1. The fourth-order valence-corrected chi connectivity index (χ4v) is 4.91. The Hall–Kier alpha value is -3.94. The van der Waals surface area contributed by atoms with E-state index in [9.17, 15) is 9.50 Å². The Morgan fingerprint density at radius 2 is 1.91 bits per heavy atom.